The van der Waals surface area contributed by atoms with Crippen molar-refractivity contribution in [3.8, 4) is 0 Å². The molecule has 1 aliphatic heterocycles. The Kier molecular flexibility index (Phi) is 4.37. The number of rotatable bonds is 2. The van der Waals surface area contributed by atoms with E-state index in [2.05, 4.69) is 17.1 Å². The first-order valence-electron chi connectivity index (χ1n) is 6.06. The molecule has 4 heteroatoms. The Morgan fingerprint density at radius 2 is 2.29 bits per heavy atom. The highest BCUT2D eigenvalue weighted by Gasteiger charge is 2.19. The summed E-state index contributed by atoms with van der Waals surface area (Å²) in [5, 5.41) is 3.88. The monoisotopic (exact) mass is 256 g/mol. The first-order chi connectivity index (χ1) is 8.18. The zero-order chi connectivity index (χ0) is 12.3. The van der Waals surface area contributed by atoms with E-state index < -0.39 is 0 Å². The molecule has 0 spiro atoms. The van der Waals surface area contributed by atoms with E-state index in [1.807, 2.05) is 0 Å². The molecule has 2 nitrogen and oxygen atoms in total. The van der Waals surface area contributed by atoms with Gasteiger partial charge in [0.2, 0.25) is 0 Å². The summed E-state index contributed by atoms with van der Waals surface area (Å²) in [5.41, 5.74) is 0.614. The van der Waals surface area contributed by atoms with Crippen LogP contribution in [0.3, 0.4) is 0 Å². The second-order valence-electron chi connectivity index (χ2n) is 4.56. The summed E-state index contributed by atoms with van der Waals surface area (Å²) < 4.78 is 13.7. The molecule has 0 aliphatic carbocycles. The highest BCUT2D eigenvalue weighted by molar-refractivity contribution is 6.31. The number of halogens is 2. The highest BCUT2D eigenvalue weighted by Crippen LogP contribution is 2.22. The first kappa shape index (κ1) is 12.8. The quantitative estimate of drug-likeness (QED) is 0.875. The van der Waals surface area contributed by atoms with Crippen molar-refractivity contribution in [1.82, 2.24) is 10.2 Å². The Hall–Kier alpha value is -0.640. The van der Waals surface area contributed by atoms with Crippen molar-refractivity contribution in [3.05, 3.63) is 34.6 Å². The van der Waals surface area contributed by atoms with E-state index in [1.165, 1.54) is 6.07 Å². The largest absolute Gasteiger partial charge is 0.315 e. The third kappa shape index (κ3) is 3.18. The summed E-state index contributed by atoms with van der Waals surface area (Å²) >= 11 is 6.05. The highest BCUT2D eigenvalue weighted by atomic mass is 35.5. The lowest BCUT2D eigenvalue weighted by atomic mass is 10.1. The van der Waals surface area contributed by atoms with Crippen LogP contribution in [0.15, 0.2) is 18.2 Å². The molecule has 2 rings (SSSR count). The molecule has 1 saturated heterocycles. The van der Waals surface area contributed by atoms with Crippen molar-refractivity contribution in [2.75, 3.05) is 19.6 Å². The fraction of sp³-hybridized carbons (Fsp3) is 0.538. The predicted octanol–water partition coefficient (Wildman–Crippen LogP) is 2.66. The summed E-state index contributed by atoms with van der Waals surface area (Å²) in [5.74, 6) is -0.207. The Morgan fingerprint density at radius 1 is 1.47 bits per heavy atom. The molecule has 1 N–H and O–H groups in total. The molecule has 1 aromatic carbocycles. The van der Waals surface area contributed by atoms with E-state index in [4.69, 9.17) is 11.6 Å². The lowest BCUT2D eigenvalue weighted by molar-refractivity contribution is 0.209. The van der Waals surface area contributed by atoms with Crippen molar-refractivity contribution in [2.45, 2.75) is 25.9 Å². The Morgan fingerprint density at radius 3 is 3.06 bits per heavy atom. The van der Waals surface area contributed by atoms with E-state index in [0.717, 1.165) is 26.1 Å². The van der Waals surface area contributed by atoms with Crippen molar-refractivity contribution < 1.29 is 4.39 Å². The van der Waals surface area contributed by atoms with Crippen LogP contribution in [-0.4, -0.2) is 30.6 Å². The fourth-order valence-corrected chi connectivity index (χ4v) is 2.41. The summed E-state index contributed by atoms with van der Waals surface area (Å²) in [6.07, 6.45) is 1.09. The minimum Gasteiger partial charge on any atom is -0.315 e. The summed E-state index contributed by atoms with van der Waals surface area (Å²) in [6.45, 7) is 5.70. The van der Waals surface area contributed by atoms with Crippen LogP contribution in [0, 0.1) is 5.82 Å². The Bertz CT molecular complexity index is 363. The SMILES string of the molecule is CC1CCNCCN1Cc1c(F)cccc1Cl. The molecule has 1 heterocycles. The zero-order valence-corrected chi connectivity index (χ0v) is 10.8. The summed E-state index contributed by atoms with van der Waals surface area (Å²) in [6, 6.07) is 5.33. The van der Waals surface area contributed by atoms with Gasteiger partial charge < -0.3 is 5.32 Å². The number of nitrogens with zero attached hydrogens (tertiary/aromatic N) is 1. The van der Waals surface area contributed by atoms with Crippen LogP contribution < -0.4 is 5.32 Å². The van der Waals surface area contributed by atoms with E-state index >= 15 is 0 Å². The van der Waals surface area contributed by atoms with E-state index in [-0.39, 0.29) is 5.82 Å². The minimum atomic E-state index is -0.207. The molecule has 0 saturated carbocycles. The van der Waals surface area contributed by atoms with Gasteiger partial charge in [0, 0.05) is 36.3 Å². The van der Waals surface area contributed by atoms with E-state index in [9.17, 15) is 4.39 Å². The maximum Gasteiger partial charge on any atom is 0.129 e. The lowest BCUT2D eigenvalue weighted by Crippen LogP contribution is -2.34. The predicted molar refractivity (Wildman–Crippen MR) is 68.8 cm³/mol. The van der Waals surface area contributed by atoms with Gasteiger partial charge in [0.15, 0.2) is 0 Å². The normalized spacial score (nSPS) is 22.4. The van der Waals surface area contributed by atoms with Gasteiger partial charge in [-0.3, -0.25) is 4.90 Å². The van der Waals surface area contributed by atoms with E-state index in [0.29, 0.717) is 23.2 Å². The van der Waals surface area contributed by atoms with Crippen molar-refractivity contribution in [3.63, 3.8) is 0 Å². The number of hydrogen-bond donors (Lipinski definition) is 1. The van der Waals surface area contributed by atoms with Crippen LogP contribution in [0.1, 0.15) is 18.9 Å². The van der Waals surface area contributed by atoms with Gasteiger partial charge in [0.25, 0.3) is 0 Å². The molecule has 1 fully saturated rings. The lowest BCUT2D eigenvalue weighted by Gasteiger charge is -2.27. The molecular weight excluding hydrogens is 239 g/mol. The smallest absolute Gasteiger partial charge is 0.129 e. The third-order valence-electron chi connectivity index (χ3n) is 3.36. The van der Waals surface area contributed by atoms with Crippen LogP contribution in [0.4, 0.5) is 4.39 Å². The zero-order valence-electron chi connectivity index (χ0n) is 10.0. The Labute approximate surface area is 107 Å². The number of hydrogen-bond acceptors (Lipinski definition) is 2. The average Bonchev–Trinajstić information content (AvgIpc) is 2.49. The van der Waals surface area contributed by atoms with Crippen LogP contribution >= 0.6 is 11.6 Å². The van der Waals surface area contributed by atoms with Crippen LogP contribution in [0.5, 0.6) is 0 Å². The molecule has 0 amide bonds. The second-order valence-corrected chi connectivity index (χ2v) is 4.97. The van der Waals surface area contributed by atoms with Crippen LogP contribution in [-0.2, 0) is 6.54 Å². The van der Waals surface area contributed by atoms with Crippen molar-refractivity contribution in [2.24, 2.45) is 0 Å². The fourth-order valence-electron chi connectivity index (χ4n) is 2.18. The van der Waals surface area contributed by atoms with Gasteiger partial charge in [-0.1, -0.05) is 17.7 Å². The molecule has 1 unspecified atom stereocenters. The topological polar surface area (TPSA) is 15.3 Å². The molecular formula is C13H18ClFN2. The minimum absolute atomic E-state index is 0.207. The Balaban J connectivity index is 2.13. The van der Waals surface area contributed by atoms with Gasteiger partial charge >= 0.3 is 0 Å². The number of nitrogens with one attached hydrogen (secondary N) is 1. The van der Waals surface area contributed by atoms with Crippen molar-refractivity contribution >= 4 is 11.6 Å². The van der Waals surface area contributed by atoms with Gasteiger partial charge in [-0.05, 0) is 32.0 Å². The molecule has 0 aromatic heterocycles. The molecule has 1 atom stereocenters. The standard InChI is InChI=1S/C13H18ClFN2/c1-10-5-6-16-7-8-17(10)9-11-12(14)3-2-4-13(11)15/h2-4,10,16H,5-9H2,1H3. The number of benzene rings is 1. The van der Waals surface area contributed by atoms with Crippen molar-refractivity contribution in [1.29, 1.82) is 0 Å². The maximum absolute atomic E-state index is 13.7. The van der Waals surface area contributed by atoms with E-state index in [1.54, 1.807) is 12.1 Å². The summed E-state index contributed by atoms with van der Waals surface area (Å²) in [4.78, 5) is 2.28. The van der Waals surface area contributed by atoms with Gasteiger partial charge in [-0.15, -0.1) is 0 Å². The second kappa shape index (κ2) is 5.80. The molecule has 0 radical (unpaired) electrons. The molecule has 17 heavy (non-hydrogen) atoms. The molecule has 1 aromatic rings. The van der Waals surface area contributed by atoms with Crippen LogP contribution in [0.2, 0.25) is 5.02 Å². The average molecular weight is 257 g/mol. The van der Waals surface area contributed by atoms with Gasteiger partial charge in [0.05, 0.1) is 0 Å². The first-order valence-corrected chi connectivity index (χ1v) is 6.44. The maximum atomic E-state index is 13.7. The molecule has 1 aliphatic rings. The van der Waals surface area contributed by atoms with Gasteiger partial charge in [-0.2, -0.15) is 0 Å². The van der Waals surface area contributed by atoms with Crippen LogP contribution in [0.25, 0.3) is 0 Å². The van der Waals surface area contributed by atoms with Gasteiger partial charge in [-0.25, -0.2) is 4.39 Å². The third-order valence-corrected chi connectivity index (χ3v) is 3.72. The summed E-state index contributed by atoms with van der Waals surface area (Å²) in [7, 11) is 0. The molecule has 94 valence electrons. The van der Waals surface area contributed by atoms with Gasteiger partial charge in [0.1, 0.15) is 5.82 Å². The molecule has 0 bridgehead atoms.